The van der Waals surface area contributed by atoms with Crippen LogP contribution < -0.4 is 5.32 Å². The van der Waals surface area contributed by atoms with Gasteiger partial charge in [-0.2, -0.15) is 0 Å². The lowest BCUT2D eigenvalue weighted by molar-refractivity contribution is -0.131. The van der Waals surface area contributed by atoms with Gasteiger partial charge in [0.1, 0.15) is 5.54 Å². The van der Waals surface area contributed by atoms with E-state index >= 15 is 0 Å². The second-order valence-corrected chi connectivity index (χ2v) is 7.04. The third kappa shape index (κ3) is 3.30. The van der Waals surface area contributed by atoms with Gasteiger partial charge in [-0.3, -0.25) is 9.69 Å². The first-order chi connectivity index (χ1) is 11.4. The van der Waals surface area contributed by atoms with Crippen LogP contribution in [0.3, 0.4) is 0 Å². The van der Waals surface area contributed by atoms with Gasteiger partial charge in [0, 0.05) is 0 Å². The third-order valence-electron chi connectivity index (χ3n) is 4.64. The summed E-state index contributed by atoms with van der Waals surface area (Å²) in [5, 5.41) is 12.8. The Kier molecular flexibility index (Phi) is 4.60. The molecule has 2 atom stereocenters. The van der Waals surface area contributed by atoms with E-state index < -0.39 is 17.7 Å². The number of benzene rings is 1. The number of hydrogen-bond acceptors (Lipinski definition) is 4. The molecule has 2 N–H and O–H groups in total. The summed E-state index contributed by atoms with van der Waals surface area (Å²) < 4.78 is 5.88. The summed E-state index contributed by atoms with van der Waals surface area (Å²) in [6.07, 6.45) is 2.08. The van der Waals surface area contributed by atoms with Crippen molar-refractivity contribution in [3.8, 4) is 0 Å². The molecule has 1 fully saturated rings. The first-order valence-electron chi connectivity index (χ1n) is 8.40. The van der Waals surface area contributed by atoms with Crippen molar-refractivity contribution in [2.45, 2.75) is 50.9 Å². The van der Waals surface area contributed by atoms with Gasteiger partial charge in [-0.25, -0.2) is 4.79 Å². The Morgan fingerprint density at radius 2 is 2.12 bits per heavy atom. The molecule has 1 aromatic rings. The maximum atomic E-state index is 12.1. The lowest BCUT2D eigenvalue weighted by Gasteiger charge is -2.27. The minimum Gasteiger partial charge on any atom is -0.389 e. The second-order valence-electron chi connectivity index (χ2n) is 7.04. The molecular formula is C18H24N2O4. The van der Waals surface area contributed by atoms with E-state index in [1.165, 1.54) is 11.1 Å². The molecule has 24 heavy (non-hydrogen) atoms. The van der Waals surface area contributed by atoms with Crippen LogP contribution in [0.15, 0.2) is 24.3 Å². The van der Waals surface area contributed by atoms with Gasteiger partial charge < -0.3 is 15.2 Å². The number of carbonyl (C=O) groups excluding carboxylic acids is 2. The molecule has 1 aliphatic heterocycles. The van der Waals surface area contributed by atoms with Crippen LogP contribution in [-0.2, 0) is 16.0 Å². The number of aryl methyl sites for hydroxylation is 1. The minimum absolute atomic E-state index is 0.0378. The van der Waals surface area contributed by atoms with Crippen molar-refractivity contribution in [3.63, 3.8) is 0 Å². The third-order valence-corrected chi connectivity index (χ3v) is 4.64. The predicted molar refractivity (Wildman–Crippen MR) is 88.4 cm³/mol. The fourth-order valence-electron chi connectivity index (χ4n) is 3.36. The topological polar surface area (TPSA) is 78.9 Å². The van der Waals surface area contributed by atoms with Gasteiger partial charge >= 0.3 is 6.03 Å². The van der Waals surface area contributed by atoms with Crippen LogP contribution in [0.2, 0.25) is 0 Å². The molecule has 0 radical (unpaired) electrons. The molecule has 0 bridgehead atoms. The Labute approximate surface area is 141 Å². The zero-order chi connectivity index (χ0) is 17.3. The van der Waals surface area contributed by atoms with Crippen molar-refractivity contribution in [1.29, 1.82) is 0 Å². The summed E-state index contributed by atoms with van der Waals surface area (Å²) in [7, 11) is 0. The number of aliphatic hydroxyl groups excluding tert-OH is 1. The molecule has 0 aromatic heterocycles. The number of fused-ring (bicyclic) bond motifs is 1. The van der Waals surface area contributed by atoms with Gasteiger partial charge in [0.15, 0.2) is 0 Å². The molecular weight excluding hydrogens is 308 g/mol. The summed E-state index contributed by atoms with van der Waals surface area (Å²) in [5.74, 6) is -0.324. The Morgan fingerprint density at radius 1 is 1.38 bits per heavy atom. The molecule has 1 aliphatic carbocycles. The fourth-order valence-corrected chi connectivity index (χ4v) is 3.36. The first kappa shape index (κ1) is 16.9. The zero-order valence-corrected chi connectivity index (χ0v) is 14.1. The number of urea groups is 1. The fraction of sp³-hybridized carbons (Fsp3) is 0.556. The van der Waals surface area contributed by atoms with E-state index in [-0.39, 0.29) is 25.2 Å². The SMILES string of the molecule is CC1(C)NC(=O)N(C[C@H](O)CO[C@@H]2CCCc3ccccc32)C1=O. The number of nitrogens with one attached hydrogen (secondary N) is 1. The monoisotopic (exact) mass is 332 g/mol. The predicted octanol–water partition coefficient (Wildman–Crippen LogP) is 1.77. The quantitative estimate of drug-likeness (QED) is 0.806. The first-order valence-corrected chi connectivity index (χ1v) is 8.40. The average Bonchev–Trinajstić information content (AvgIpc) is 2.74. The highest BCUT2D eigenvalue weighted by Gasteiger charge is 2.44. The van der Waals surface area contributed by atoms with E-state index in [0.717, 1.165) is 24.2 Å². The van der Waals surface area contributed by atoms with Crippen molar-refractivity contribution in [1.82, 2.24) is 10.2 Å². The molecule has 1 saturated heterocycles. The average molecular weight is 332 g/mol. The van der Waals surface area contributed by atoms with Crippen LogP contribution in [0.1, 0.15) is 43.9 Å². The van der Waals surface area contributed by atoms with Gasteiger partial charge in [-0.1, -0.05) is 24.3 Å². The highest BCUT2D eigenvalue weighted by molar-refractivity contribution is 6.06. The Hall–Kier alpha value is -1.92. The van der Waals surface area contributed by atoms with Crippen LogP contribution in [0.5, 0.6) is 0 Å². The Bertz CT molecular complexity index is 644. The zero-order valence-electron chi connectivity index (χ0n) is 14.1. The van der Waals surface area contributed by atoms with Crippen molar-refractivity contribution in [2.75, 3.05) is 13.2 Å². The lowest BCUT2D eigenvalue weighted by Crippen LogP contribution is -2.42. The molecule has 3 amide bonds. The van der Waals surface area contributed by atoms with E-state index in [9.17, 15) is 14.7 Å². The number of carbonyl (C=O) groups is 2. The second kappa shape index (κ2) is 6.53. The van der Waals surface area contributed by atoms with Gasteiger partial charge in [0.2, 0.25) is 0 Å². The highest BCUT2D eigenvalue weighted by Crippen LogP contribution is 2.32. The summed E-state index contributed by atoms with van der Waals surface area (Å²) in [6.45, 7) is 3.34. The van der Waals surface area contributed by atoms with Gasteiger partial charge in [-0.15, -0.1) is 0 Å². The van der Waals surface area contributed by atoms with Crippen molar-refractivity contribution < 1.29 is 19.4 Å². The van der Waals surface area contributed by atoms with E-state index in [4.69, 9.17) is 4.74 Å². The normalized spacial score (nSPS) is 23.8. The number of nitrogens with zero attached hydrogens (tertiary/aromatic N) is 1. The molecule has 0 unspecified atom stereocenters. The number of rotatable bonds is 5. The Balaban J connectivity index is 1.56. The molecule has 0 saturated carbocycles. The van der Waals surface area contributed by atoms with Crippen molar-refractivity contribution in [2.24, 2.45) is 0 Å². The maximum absolute atomic E-state index is 12.1. The number of ether oxygens (including phenoxy) is 1. The summed E-state index contributed by atoms with van der Waals surface area (Å²) >= 11 is 0. The van der Waals surface area contributed by atoms with E-state index in [2.05, 4.69) is 17.4 Å². The van der Waals surface area contributed by atoms with Crippen LogP contribution in [0, 0.1) is 0 Å². The van der Waals surface area contributed by atoms with Crippen LogP contribution in [0.4, 0.5) is 4.79 Å². The molecule has 1 heterocycles. The molecule has 3 rings (SSSR count). The summed E-state index contributed by atoms with van der Waals surface area (Å²) in [4.78, 5) is 25.0. The number of β-amino-alcohol motifs (C(OH)–C–C–N with tert-alkyl or cyclic N) is 1. The number of imide groups is 1. The van der Waals surface area contributed by atoms with Crippen molar-refractivity contribution >= 4 is 11.9 Å². The smallest absolute Gasteiger partial charge is 0.325 e. The van der Waals surface area contributed by atoms with Crippen LogP contribution in [-0.4, -0.2) is 46.7 Å². The van der Waals surface area contributed by atoms with Gasteiger partial charge in [0.05, 0.1) is 25.4 Å². The standard InChI is InChI=1S/C18H24N2O4/c1-18(2)16(22)20(17(23)19-18)10-13(21)11-24-15-9-5-7-12-6-3-4-8-14(12)15/h3-4,6,8,13,15,21H,5,7,9-11H2,1-2H3,(H,19,23)/t13-,15+/m0/s1. The Morgan fingerprint density at radius 3 is 2.83 bits per heavy atom. The largest absolute Gasteiger partial charge is 0.389 e. The molecule has 1 aromatic carbocycles. The number of hydrogen-bond donors (Lipinski definition) is 2. The van der Waals surface area contributed by atoms with E-state index in [0.29, 0.717) is 0 Å². The van der Waals surface area contributed by atoms with Crippen LogP contribution in [0.25, 0.3) is 0 Å². The molecule has 6 heteroatoms. The lowest BCUT2D eigenvalue weighted by atomic mass is 9.89. The van der Waals surface area contributed by atoms with Gasteiger partial charge in [-0.05, 0) is 44.2 Å². The minimum atomic E-state index is -0.917. The molecule has 0 spiro atoms. The summed E-state index contributed by atoms with van der Waals surface area (Å²) in [5.41, 5.74) is 1.55. The van der Waals surface area contributed by atoms with Crippen LogP contribution >= 0.6 is 0 Å². The van der Waals surface area contributed by atoms with Gasteiger partial charge in [0.25, 0.3) is 5.91 Å². The molecule has 130 valence electrons. The summed E-state index contributed by atoms with van der Waals surface area (Å²) in [6, 6.07) is 7.72. The molecule has 6 nitrogen and oxygen atoms in total. The maximum Gasteiger partial charge on any atom is 0.325 e. The van der Waals surface area contributed by atoms with E-state index in [1.54, 1.807) is 13.8 Å². The number of amides is 3. The van der Waals surface area contributed by atoms with E-state index in [1.807, 2.05) is 12.1 Å². The highest BCUT2D eigenvalue weighted by atomic mass is 16.5. The van der Waals surface area contributed by atoms with Crippen molar-refractivity contribution in [3.05, 3.63) is 35.4 Å². The number of aliphatic hydroxyl groups is 1. The molecule has 2 aliphatic rings.